The molecule has 1 unspecified atom stereocenters. The molecule has 1 amide bonds. The zero-order chi connectivity index (χ0) is 22.1. The van der Waals surface area contributed by atoms with Gasteiger partial charge in [-0.2, -0.15) is 0 Å². The molecule has 2 aromatic carbocycles. The van der Waals surface area contributed by atoms with Gasteiger partial charge in [0.25, 0.3) is 5.78 Å². The van der Waals surface area contributed by atoms with E-state index in [0.29, 0.717) is 33.6 Å². The van der Waals surface area contributed by atoms with Crippen molar-refractivity contribution >= 4 is 57.1 Å². The molecule has 1 N–H and O–H groups in total. The molecule has 1 saturated heterocycles. The van der Waals surface area contributed by atoms with Crippen molar-refractivity contribution < 1.29 is 19.4 Å². The molecule has 1 aromatic heterocycles. The topological polar surface area (TPSA) is 79.7 Å². The van der Waals surface area contributed by atoms with Crippen molar-refractivity contribution in [3.8, 4) is 5.75 Å². The van der Waals surface area contributed by atoms with Gasteiger partial charge in [-0.1, -0.05) is 41.4 Å². The van der Waals surface area contributed by atoms with Gasteiger partial charge in [-0.25, -0.2) is 4.98 Å². The number of thiazole rings is 1. The van der Waals surface area contributed by atoms with Gasteiger partial charge in [-0.15, -0.1) is 11.3 Å². The Bertz CT molecular complexity index is 1190. The Morgan fingerprint density at radius 3 is 2.68 bits per heavy atom. The molecule has 158 valence electrons. The summed E-state index contributed by atoms with van der Waals surface area (Å²) < 4.78 is 5.49. The lowest BCUT2D eigenvalue weighted by atomic mass is 9.95. The zero-order valence-corrected chi connectivity index (χ0v) is 18.5. The quantitative estimate of drug-likeness (QED) is 0.301. The second-order valence-corrected chi connectivity index (χ2v) is 8.31. The number of halogens is 2. The Balaban J connectivity index is 1.93. The summed E-state index contributed by atoms with van der Waals surface area (Å²) in [5, 5.41) is 13.8. The van der Waals surface area contributed by atoms with Crippen molar-refractivity contribution in [3.63, 3.8) is 0 Å². The highest BCUT2D eigenvalue weighted by atomic mass is 35.5. The average Bonchev–Trinajstić information content (AvgIpc) is 3.37. The Morgan fingerprint density at radius 2 is 2.00 bits per heavy atom. The molecule has 9 heteroatoms. The third-order valence-corrected chi connectivity index (χ3v) is 6.26. The molecule has 1 aliphatic heterocycles. The lowest BCUT2D eigenvalue weighted by molar-refractivity contribution is -0.132. The van der Waals surface area contributed by atoms with Gasteiger partial charge in [0, 0.05) is 17.1 Å². The molecule has 6 nitrogen and oxygen atoms in total. The number of rotatable bonds is 5. The van der Waals surface area contributed by atoms with Crippen LogP contribution in [0.15, 0.2) is 59.6 Å². The van der Waals surface area contributed by atoms with E-state index in [9.17, 15) is 14.7 Å². The molecule has 0 spiro atoms. The van der Waals surface area contributed by atoms with Crippen molar-refractivity contribution in [2.75, 3.05) is 11.5 Å². The predicted octanol–water partition coefficient (Wildman–Crippen LogP) is 5.47. The van der Waals surface area contributed by atoms with Crippen molar-refractivity contribution in [2.24, 2.45) is 0 Å². The molecule has 0 saturated carbocycles. The summed E-state index contributed by atoms with van der Waals surface area (Å²) >= 11 is 13.5. The summed E-state index contributed by atoms with van der Waals surface area (Å²) in [5.41, 5.74) is 0.812. The Morgan fingerprint density at radius 1 is 1.19 bits per heavy atom. The minimum absolute atomic E-state index is 0.0627. The molecule has 1 atom stereocenters. The number of amides is 1. The summed E-state index contributed by atoms with van der Waals surface area (Å²) in [6.45, 7) is 2.29. The van der Waals surface area contributed by atoms with Gasteiger partial charge in [0.1, 0.15) is 11.5 Å². The SMILES string of the molecule is CCOc1cccc(C(O)=C2C(=O)C(=O)N(c3nccs3)C2c2ccc(Cl)c(Cl)c2)c1. The van der Waals surface area contributed by atoms with Crippen molar-refractivity contribution in [1.29, 1.82) is 0 Å². The zero-order valence-electron chi connectivity index (χ0n) is 16.2. The van der Waals surface area contributed by atoms with E-state index in [1.54, 1.807) is 47.8 Å². The Kier molecular flexibility index (Phi) is 6.00. The number of ketones is 1. The van der Waals surface area contributed by atoms with Crippen LogP contribution >= 0.6 is 34.5 Å². The second kappa shape index (κ2) is 8.70. The first kappa shape index (κ1) is 21.4. The molecule has 0 aliphatic carbocycles. The number of benzene rings is 2. The maximum atomic E-state index is 13.0. The number of carbonyl (C=O) groups excluding carboxylic acids is 2. The summed E-state index contributed by atoms with van der Waals surface area (Å²) in [5.74, 6) is -1.37. The fourth-order valence-corrected chi connectivity index (χ4v) is 4.39. The number of hydrogen-bond donors (Lipinski definition) is 1. The Labute approximate surface area is 192 Å². The third-order valence-electron chi connectivity index (χ3n) is 4.75. The number of carbonyl (C=O) groups is 2. The van der Waals surface area contributed by atoms with Crippen LogP contribution in [0.5, 0.6) is 5.75 Å². The number of hydrogen-bond acceptors (Lipinski definition) is 6. The highest BCUT2D eigenvalue weighted by Crippen LogP contribution is 2.43. The van der Waals surface area contributed by atoms with Crippen molar-refractivity contribution in [3.05, 3.63) is 80.8 Å². The third kappa shape index (κ3) is 3.92. The largest absolute Gasteiger partial charge is 0.507 e. The molecular formula is C22H16Cl2N2O4S. The number of ether oxygens (including phenoxy) is 1. The van der Waals surface area contributed by atoms with Crippen molar-refractivity contribution in [1.82, 2.24) is 4.98 Å². The van der Waals surface area contributed by atoms with Crippen LogP contribution in [0.4, 0.5) is 5.13 Å². The standard InChI is InChI=1S/C22H16Cl2N2O4S/c1-2-30-14-5-3-4-13(10-14)19(27)17-18(12-6-7-15(23)16(24)11-12)26(21(29)20(17)28)22-25-8-9-31-22/h3-11,18,27H,2H2,1H3. The summed E-state index contributed by atoms with van der Waals surface area (Å²) in [7, 11) is 0. The van der Waals surface area contributed by atoms with Crippen LogP contribution < -0.4 is 9.64 Å². The maximum absolute atomic E-state index is 13.0. The highest BCUT2D eigenvalue weighted by Gasteiger charge is 2.48. The lowest BCUT2D eigenvalue weighted by Gasteiger charge is -2.23. The molecule has 2 heterocycles. The molecule has 1 aliphatic rings. The van der Waals surface area contributed by atoms with Gasteiger partial charge in [0.15, 0.2) is 5.13 Å². The molecular weight excluding hydrogens is 459 g/mol. The van der Waals surface area contributed by atoms with Gasteiger partial charge in [-0.3, -0.25) is 14.5 Å². The number of aromatic nitrogens is 1. The second-order valence-electron chi connectivity index (χ2n) is 6.62. The minimum atomic E-state index is -0.920. The number of aliphatic hydroxyl groups excluding tert-OH is 1. The van der Waals surface area contributed by atoms with E-state index >= 15 is 0 Å². The molecule has 31 heavy (non-hydrogen) atoms. The van der Waals surface area contributed by atoms with Gasteiger partial charge in [0.2, 0.25) is 0 Å². The van der Waals surface area contributed by atoms with Crippen LogP contribution in [-0.4, -0.2) is 28.4 Å². The van der Waals surface area contributed by atoms with Gasteiger partial charge in [0.05, 0.1) is 28.3 Å². The van der Waals surface area contributed by atoms with E-state index in [1.165, 1.54) is 22.4 Å². The van der Waals surface area contributed by atoms with E-state index in [4.69, 9.17) is 27.9 Å². The van der Waals surface area contributed by atoms with Gasteiger partial charge < -0.3 is 9.84 Å². The first-order valence-corrected chi connectivity index (χ1v) is 10.9. The van der Waals surface area contributed by atoms with E-state index in [-0.39, 0.29) is 16.4 Å². The van der Waals surface area contributed by atoms with Crippen LogP contribution in [0.1, 0.15) is 24.1 Å². The molecule has 1 fully saturated rings. The fraction of sp³-hybridized carbons (Fsp3) is 0.136. The monoisotopic (exact) mass is 474 g/mol. The smallest absolute Gasteiger partial charge is 0.301 e. The molecule has 0 bridgehead atoms. The lowest BCUT2D eigenvalue weighted by Crippen LogP contribution is -2.29. The highest BCUT2D eigenvalue weighted by molar-refractivity contribution is 7.14. The number of Topliss-reactive ketones (excluding diaryl/α,β-unsaturated/α-hetero) is 1. The number of anilines is 1. The van der Waals surface area contributed by atoms with Crippen LogP contribution in [0.3, 0.4) is 0 Å². The molecule has 0 radical (unpaired) electrons. The van der Waals surface area contributed by atoms with Crippen molar-refractivity contribution in [2.45, 2.75) is 13.0 Å². The molecule has 4 rings (SSSR count). The minimum Gasteiger partial charge on any atom is -0.507 e. The van der Waals surface area contributed by atoms with Gasteiger partial charge in [-0.05, 0) is 36.8 Å². The molecule has 3 aromatic rings. The number of aliphatic hydroxyl groups is 1. The fourth-order valence-electron chi connectivity index (χ4n) is 3.42. The first-order valence-electron chi connectivity index (χ1n) is 9.31. The van der Waals surface area contributed by atoms with E-state index in [2.05, 4.69) is 4.98 Å². The first-order chi connectivity index (χ1) is 14.9. The van der Waals surface area contributed by atoms with E-state index in [1.807, 2.05) is 6.92 Å². The van der Waals surface area contributed by atoms with Crippen LogP contribution in [0.25, 0.3) is 5.76 Å². The normalized spacial score (nSPS) is 17.9. The average molecular weight is 475 g/mol. The summed E-state index contributed by atoms with van der Waals surface area (Å²) in [6, 6.07) is 10.6. The van der Waals surface area contributed by atoms with E-state index in [0.717, 1.165) is 0 Å². The maximum Gasteiger partial charge on any atom is 0.301 e. The summed E-state index contributed by atoms with van der Waals surface area (Å²) in [6.07, 6.45) is 1.54. The van der Waals surface area contributed by atoms with Gasteiger partial charge >= 0.3 is 5.91 Å². The number of nitrogens with zero attached hydrogens (tertiary/aromatic N) is 2. The van der Waals surface area contributed by atoms with Crippen LogP contribution in [0, 0.1) is 0 Å². The van der Waals surface area contributed by atoms with E-state index < -0.39 is 17.7 Å². The van der Waals surface area contributed by atoms with Crippen LogP contribution in [-0.2, 0) is 9.59 Å². The van der Waals surface area contributed by atoms with Crippen LogP contribution in [0.2, 0.25) is 10.0 Å². The Hall–Kier alpha value is -2.87. The predicted molar refractivity (Wildman–Crippen MR) is 121 cm³/mol. The summed E-state index contributed by atoms with van der Waals surface area (Å²) in [4.78, 5) is 31.5.